The van der Waals surface area contributed by atoms with Crippen molar-refractivity contribution >= 4 is 5.70 Å². The van der Waals surface area contributed by atoms with Crippen molar-refractivity contribution in [1.82, 2.24) is 5.48 Å². The molecule has 0 amide bonds. The van der Waals surface area contributed by atoms with E-state index in [1.54, 1.807) is 6.08 Å². The van der Waals surface area contributed by atoms with Gasteiger partial charge < -0.3 is 14.2 Å². The predicted molar refractivity (Wildman–Crippen MR) is 70.1 cm³/mol. The first kappa shape index (κ1) is 15.9. The molecule has 1 spiro atoms. The van der Waals surface area contributed by atoms with Crippen LogP contribution in [0, 0.1) is 0 Å². The van der Waals surface area contributed by atoms with Crippen molar-refractivity contribution in [3.8, 4) is 11.5 Å². The number of ether oxygens (including phenoxy) is 3. The molecule has 0 aromatic heterocycles. The summed E-state index contributed by atoms with van der Waals surface area (Å²) >= 11 is 0. The number of halogens is 4. The first-order valence-corrected chi connectivity index (χ1v) is 6.76. The molecule has 1 unspecified atom stereocenters. The summed E-state index contributed by atoms with van der Waals surface area (Å²) in [5.74, 6) is -0.952. The second kappa shape index (κ2) is 6.25. The fraction of sp³-hybridized carbons (Fsp3) is 0.429. The smallest absolute Gasteiger partial charge is 0.387 e. The number of rotatable bonds is 5. The van der Waals surface area contributed by atoms with Gasteiger partial charge in [0.1, 0.15) is 5.60 Å². The molecule has 0 radical (unpaired) electrons. The molecule has 2 heterocycles. The van der Waals surface area contributed by atoms with Crippen LogP contribution >= 0.6 is 0 Å². The molecule has 2 aliphatic rings. The summed E-state index contributed by atoms with van der Waals surface area (Å²) in [6.07, 6.45) is 2.42. The third-order valence-corrected chi connectivity index (χ3v) is 3.47. The summed E-state index contributed by atoms with van der Waals surface area (Å²) in [5, 5.41) is 0. The van der Waals surface area contributed by atoms with Gasteiger partial charge in [0.25, 0.3) is 0 Å². The second-order valence-corrected chi connectivity index (χ2v) is 5.05. The Kier molecular flexibility index (Phi) is 4.31. The average Bonchev–Trinajstić information content (AvgIpc) is 3.10. The Morgan fingerprint density at radius 2 is 1.83 bits per heavy atom. The van der Waals surface area contributed by atoms with Crippen molar-refractivity contribution in [3.05, 3.63) is 29.8 Å². The zero-order valence-corrected chi connectivity index (χ0v) is 11.7. The van der Waals surface area contributed by atoms with Crippen LogP contribution in [0.15, 0.2) is 24.3 Å². The van der Waals surface area contributed by atoms with Crippen molar-refractivity contribution in [3.63, 3.8) is 0 Å². The lowest BCUT2D eigenvalue weighted by Crippen LogP contribution is -2.29. The number of alkyl halides is 4. The molecular weight excluding hydrogens is 322 g/mol. The maximum atomic E-state index is 12.5. The highest BCUT2D eigenvalue weighted by atomic mass is 19.3. The van der Waals surface area contributed by atoms with Gasteiger partial charge in [0.05, 0.1) is 12.3 Å². The number of hydrogen-bond donors (Lipinski definition) is 1. The monoisotopic (exact) mass is 335 g/mol. The van der Waals surface area contributed by atoms with Gasteiger partial charge in [0, 0.05) is 18.6 Å². The Labute approximate surface area is 128 Å². The highest BCUT2D eigenvalue weighted by molar-refractivity contribution is 5.68. The van der Waals surface area contributed by atoms with Crippen LogP contribution in [0.2, 0.25) is 0 Å². The highest BCUT2D eigenvalue weighted by Crippen LogP contribution is 2.36. The molecule has 1 aromatic carbocycles. The molecule has 0 saturated carbocycles. The van der Waals surface area contributed by atoms with E-state index >= 15 is 0 Å². The van der Waals surface area contributed by atoms with Gasteiger partial charge in [-0.2, -0.15) is 17.6 Å². The SMILES string of the molecule is FC(F)Oc1ccc(C2=CC3(CCOC3)ON2)cc1OC(F)F. The van der Waals surface area contributed by atoms with Crippen LogP contribution in [0.3, 0.4) is 0 Å². The molecular formula is C14H13F4NO4. The molecule has 5 nitrogen and oxygen atoms in total. The quantitative estimate of drug-likeness (QED) is 0.839. The number of hydroxylamine groups is 1. The molecule has 9 heteroatoms. The number of hydrogen-bond acceptors (Lipinski definition) is 5. The van der Waals surface area contributed by atoms with Crippen LogP contribution in [0.1, 0.15) is 12.0 Å². The minimum atomic E-state index is -3.17. The molecule has 3 rings (SSSR count). The van der Waals surface area contributed by atoms with E-state index in [1.807, 2.05) is 0 Å². The van der Waals surface area contributed by atoms with E-state index in [-0.39, 0.29) is 0 Å². The van der Waals surface area contributed by atoms with Gasteiger partial charge in [-0.25, -0.2) is 0 Å². The molecule has 0 aliphatic carbocycles. The van der Waals surface area contributed by atoms with Gasteiger partial charge in [0.2, 0.25) is 0 Å². The van der Waals surface area contributed by atoms with E-state index in [0.29, 0.717) is 30.9 Å². The zero-order valence-electron chi connectivity index (χ0n) is 11.7. The second-order valence-electron chi connectivity index (χ2n) is 5.05. The van der Waals surface area contributed by atoms with Crippen LogP contribution in [-0.4, -0.2) is 32.0 Å². The van der Waals surface area contributed by atoms with Crippen LogP contribution in [0.4, 0.5) is 17.6 Å². The minimum Gasteiger partial charge on any atom is -0.431 e. The summed E-state index contributed by atoms with van der Waals surface area (Å²) in [7, 11) is 0. The summed E-state index contributed by atoms with van der Waals surface area (Å²) in [6, 6.07) is 3.76. The molecule has 126 valence electrons. The molecule has 23 heavy (non-hydrogen) atoms. The molecule has 1 atom stereocenters. The van der Waals surface area contributed by atoms with Crippen molar-refractivity contribution in [2.75, 3.05) is 13.2 Å². The summed E-state index contributed by atoms with van der Waals surface area (Å²) in [5.41, 5.74) is 3.04. The predicted octanol–water partition coefficient (Wildman–Crippen LogP) is 2.92. The van der Waals surface area contributed by atoms with E-state index in [4.69, 9.17) is 9.57 Å². The molecule has 1 aromatic rings. The maximum Gasteiger partial charge on any atom is 0.387 e. The van der Waals surface area contributed by atoms with E-state index in [9.17, 15) is 17.6 Å². The van der Waals surface area contributed by atoms with Gasteiger partial charge in [-0.1, -0.05) is 0 Å². The summed E-state index contributed by atoms with van der Waals surface area (Å²) in [6.45, 7) is -5.39. The molecule has 1 saturated heterocycles. The largest absolute Gasteiger partial charge is 0.431 e. The number of nitrogens with one attached hydrogen (secondary N) is 1. The minimum absolute atomic E-state index is 0.371. The van der Waals surface area contributed by atoms with E-state index < -0.39 is 30.3 Å². The average molecular weight is 335 g/mol. The zero-order chi connectivity index (χ0) is 16.4. The lowest BCUT2D eigenvalue weighted by molar-refractivity contribution is -0.0692. The lowest BCUT2D eigenvalue weighted by Gasteiger charge is -2.15. The maximum absolute atomic E-state index is 12.5. The Hall–Kier alpha value is -2.00. The Morgan fingerprint density at radius 3 is 2.48 bits per heavy atom. The Bertz CT molecular complexity index is 602. The van der Waals surface area contributed by atoms with Crippen molar-refractivity contribution in [2.45, 2.75) is 25.2 Å². The third-order valence-electron chi connectivity index (χ3n) is 3.47. The molecule has 1 N–H and O–H groups in total. The van der Waals surface area contributed by atoms with Gasteiger partial charge in [-0.15, -0.1) is 0 Å². The van der Waals surface area contributed by atoms with Crippen LogP contribution in [0.25, 0.3) is 5.70 Å². The van der Waals surface area contributed by atoms with Crippen LogP contribution in [0.5, 0.6) is 11.5 Å². The van der Waals surface area contributed by atoms with Gasteiger partial charge >= 0.3 is 13.2 Å². The Morgan fingerprint density at radius 1 is 1.09 bits per heavy atom. The van der Waals surface area contributed by atoms with Crippen molar-refractivity contribution in [2.24, 2.45) is 0 Å². The third kappa shape index (κ3) is 3.50. The van der Waals surface area contributed by atoms with Crippen LogP contribution < -0.4 is 15.0 Å². The first-order valence-electron chi connectivity index (χ1n) is 6.76. The van der Waals surface area contributed by atoms with Crippen molar-refractivity contribution < 1.29 is 36.6 Å². The van der Waals surface area contributed by atoms with E-state index in [2.05, 4.69) is 15.0 Å². The summed E-state index contributed by atoms with van der Waals surface area (Å²) < 4.78 is 63.2. The lowest BCUT2D eigenvalue weighted by atomic mass is 10.0. The van der Waals surface area contributed by atoms with Gasteiger partial charge in [-0.3, -0.25) is 10.3 Å². The van der Waals surface area contributed by atoms with Gasteiger partial charge in [-0.05, 0) is 24.3 Å². The number of benzene rings is 1. The normalized spacial score (nSPS) is 23.5. The standard InChI is InChI=1S/C14H13F4NO4/c15-12(16)21-10-2-1-8(5-11(10)22-13(17)18)9-6-14(23-19-9)3-4-20-7-14/h1-2,5-6,12-13,19H,3-4,7H2. The Balaban J connectivity index is 1.88. The topological polar surface area (TPSA) is 49.0 Å². The molecule has 1 fully saturated rings. The fourth-order valence-electron chi connectivity index (χ4n) is 2.43. The fourth-order valence-corrected chi connectivity index (χ4v) is 2.43. The van der Waals surface area contributed by atoms with Gasteiger partial charge in [0.15, 0.2) is 11.5 Å². The molecule has 0 bridgehead atoms. The van der Waals surface area contributed by atoms with Crippen molar-refractivity contribution in [1.29, 1.82) is 0 Å². The molecule has 2 aliphatic heterocycles. The first-order chi connectivity index (χ1) is 11.0. The van der Waals surface area contributed by atoms with E-state index in [1.165, 1.54) is 12.1 Å². The van der Waals surface area contributed by atoms with Crippen LogP contribution in [-0.2, 0) is 9.57 Å². The highest BCUT2D eigenvalue weighted by Gasteiger charge is 2.39. The van der Waals surface area contributed by atoms with E-state index in [0.717, 1.165) is 6.07 Å². The summed E-state index contributed by atoms with van der Waals surface area (Å²) in [4.78, 5) is 5.48.